The predicted octanol–water partition coefficient (Wildman–Crippen LogP) is 4.46. The molecule has 0 aromatic carbocycles. The smallest absolute Gasteiger partial charge is 0.324 e. The van der Waals surface area contributed by atoms with Crippen LogP contribution in [0.25, 0.3) is 0 Å². The van der Waals surface area contributed by atoms with Gasteiger partial charge >= 0.3 is 7.60 Å². The monoisotopic (exact) mass is 328 g/mol. The Kier molecular flexibility index (Phi) is 10.9. The van der Waals surface area contributed by atoms with Crippen LogP contribution in [0.1, 0.15) is 64.7 Å². The van der Waals surface area contributed by atoms with Gasteiger partial charge in [-0.2, -0.15) is 0 Å². The first kappa shape index (κ1) is 17.6. The quantitative estimate of drug-likeness (QED) is 0.334. The lowest BCUT2D eigenvalue weighted by Gasteiger charge is -2.06. The molecule has 0 saturated carbocycles. The molecule has 0 aromatic rings. The number of unbranched alkanes of at least 4 members (excludes halogenated alkanes) is 6. The molecule has 0 aliphatic heterocycles. The van der Waals surface area contributed by atoms with E-state index in [0.29, 0.717) is 11.2 Å². The Hall–Kier alpha value is 0.630. The molecular formula is C12H26BrO3P. The summed E-state index contributed by atoms with van der Waals surface area (Å²) in [6.07, 6.45) is 10.2. The van der Waals surface area contributed by atoms with Gasteiger partial charge in [0.15, 0.2) is 0 Å². The molecule has 0 bridgehead atoms. The van der Waals surface area contributed by atoms with Gasteiger partial charge in [0.25, 0.3) is 0 Å². The highest BCUT2D eigenvalue weighted by Gasteiger charge is 2.10. The molecule has 0 amide bonds. The lowest BCUT2D eigenvalue weighted by molar-refractivity contribution is 0.370. The van der Waals surface area contributed by atoms with Crippen LogP contribution in [0.3, 0.4) is 0 Å². The zero-order valence-electron chi connectivity index (χ0n) is 10.8. The fourth-order valence-corrected chi connectivity index (χ4v) is 2.73. The van der Waals surface area contributed by atoms with E-state index in [0.717, 1.165) is 12.8 Å². The summed E-state index contributed by atoms with van der Waals surface area (Å²) in [6, 6.07) is 0. The Balaban J connectivity index is 3.12. The van der Waals surface area contributed by atoms with Crippen LogP contribution in [0.2, 0.25) is 0 Å². The third kappa shape index (κ3) is 14.6. The maximum atomic E-state index is 10.6. The molecule has 0 aromatic heterocycles. The average molecular weight is 329 g/mol. The van der Waals surface area contributed by atoms with E-state index in [1.165, 1.54) is 38.5 Å². The zero-order valence-corrected chi connectivity index (χ0v) is 13.3. The fourth-order valence-electron chi connectivity index (χ4n) is 1.77. The third-order valence-electron chi connectivity index (χ3n) is 2.91. The van der Waals surface area contributed by atoms with Crippen molar-refractivity contribution in [3.63, 3.8) is 0 Å². The van der Waals surface area contributed by atoms with Gasteiger partial charge in [-0.1, -0.05) is 61.4 Å². The molecule has 17 heavy (non-hydrogen) atoms. The van der Waals surface area contributed by atoms with Gasteiger partial charge < -0.3 is 9.79 Å². The summed E-state index contributed by atoms with van der Waals surface area (Å²) in [6.45, 7) is 2.19. The van der Waals surface area contributed by atoms with Crippen molar-refractivity contribution < 1.29 is 14.4 Å². The number of rotatable bonds is 11. The van der Waals surface area contributed by atoms with Crippen molar-refractivity contribution >= 4 is 23.5 Å². The minimum atomic E-state index is -3.75. The number of halogens is 1. The van der Waals surface area contributed by atoms with Crippen molar-refractivity contribution in [1.29, 1.82) is 0 Å². The minimum absolute atomic E-state index is 0.0504. The lowest BCUT2D eigenvalue weighted by Crippen LogP contribution is -1.94. The van der Waals surface area contributed by atoms with Gasteiger partial charge in [-0.15, -0.1) is 0 Å². The third-order valence-corrected chi connectivity index (χ3v) is 4.91. The van der Waals surface area contributed by atoms with Gasteiger partial charge in [0.05, 0.1) is 0 Å². The normalized spacial score (nSPS) is 13.9. The molecule has 0 radical (unpaired) electrons. The second-order valence-corrected chi connectivity index (χ2v) is 7.73. The lowest BCUT2D eigenvalue weighted by atomic mass is 10.1. The molecule has 104 valence electrons. The maximum Gasteiger partial charge on any atom is 0.325 e. The molecule has 0 fully saturated rings. The Morgan fingerprint density at radius 1 is 1.00 bits per heavy atom. The highest BCUT2D eigenvalue weighted by atomic mass is 79.9. The van der Waals surface area contributed by atoms with Gasteiger partial charge in [-0.25, -0.2) is 0 Å². The van der Waals surface area contributed by atoms with Crippen LogP contribution in [0, 0.1) is 0 Å². The van der Waals surface area contributed by atoms with Gasteiger partial charge in [-0.05, 0) is 19.3 Å². The summed E-state index contributed by atoms with van der Waals surface area (Å²) in [7, 11) is -3.75. The van der Waals surface area contributed by atoms with E-state index in [-0.39, 0.29) is 6.16 Å². The molecule has 5 heteroatoms. The molecule has 0 rings (SSSR count). The van der Waals surface area contributed by atoms with E-state index in [9.17, 15) is 4.57 Å². The summed E-state index contributed by atoms with van der Waals surface area (Å²) in [5.41, 5.74) is 0. The molecule has 0 saturated heterocycles. The Labute approximate surface area is 114 Å². The second kappa shape index (κ2) is 10.5. The molecule has 2 N–H and O–H groups in total. The molecule has 3 nitrogen and oxygen atoms in total. The molecule has 0 spiro atoms. The largest absolute Gasteiger partial charge is 0.325 e. The number of alkyl halides is 1. The van der Waals surface area contributed by atoms with Crippen molar-refractivity contribution in [2.24, 2.45) is 0 Å². The van der Waals surface area contributed by atoms with Crippen LogP contribution in [-0.4, -0.2) is 20.8 Å². The summed E-state index contributed by atoms with van der Waals surface area (Å²) in [5.74, 6) is 0. The first-order valence-electron chi connectivity index (χ1n) is 6.64. The van der Waals surface area contributed by atoms with Gasteiger partial charge in [0.2, 0.25) is 0 Å². The molecular weight excluding hydrogens is 303 g/mol. The van der Waals surface area contributed by atoms with Gasteiger partial charge in [0.1, 0.15) is 0 Å². The highest BCUT2D eigenvalue weighted by molar-refractivity contribution is 9.09. The maximum absolute atomic E-state index is 10.6. The van der Waals surface area contributed by atoms with Crippen molar-refractivity contribution in [3.05, 3.63) is 0 Å². The van der Waals surface area contributed by atoms with Crippen molar-refractivity contribution in [1.82, 2.24) is 0 Å². The van der Waals surface area contributed by atoms with E-state index >= 15 is 0 Å². The van der Waals surface area contributed by atoms with Crippen LogP contribution in [0.15, 0.2) is 0 Å². The Morgan fingerprint density at radius 2 is 1.47 bits per heavy atom. The first-order valence-corrected chi connectivity index (χ1v) is 9.35. The standard InChI is InChI=1S/C12H26BrO3P/c1-2-12(13)10-8-6-4-3-5-7-9-11-17(14,15)16/h12H,2-11H2,1H3,(H2,14,15,16). The molecule has 1 atom stereocenters. The molecule has 0 aliphatic carbocycles. The van der Waals surface area contributed by atoms with Crippen molar-refractivity contribution in [2.75, 3.05) is 6.16 Å². The van der Waals surface area contributed by atoms with Crippen molar-refractivity contribution in [2.45, 2.75) is 69.5 Å². The van der Waals surface area contributed by atoms with E-state index in [1.807, 2.05) is 0 Å². The van der Waals surface area contributed by atoms with E-state index in [2.05, 4.69) is 22.9 Å². The fraction of sp³-hybridized carbons (Fsp3) is 1.00. The molecule has 0 heterocycles. The van der Waals surface area contributed by atoms with E-state index in [4.69, 9.17) is 9.79 Å². The average Bonchev–Trinajstić information content (AvgIpc) is 2.25. The topological polar surface area (TPSA) is 57.5 Å². The molecule has 1 unspecified atom stereocenters. The Bertz CT molecular complexity index is 218. The number of hydrogen-bond donors (Lipinski definition) is 2. The van der Waals surface area contributed by atoms with Gasteiger partial charge in [-0.3, -0.25) is 4.57 Å². The Morgan fingerprint density at radius 3 is 1.94 bits per heavy atom. The highest BCUT2D eigenvalue weighted by Crippen LogP contribution is 2.35. The summed E-state index contributed by atoms with van der Waals surface area (Å²) in [5, 5.41) is 0. The second-order valence-electron chi connectivity index (χ2n) is 4.66. The van der Waals surface area contributed by atoms with Crippen LogP contribution < -0.4 is 0 Å². The zero-order chi connectivity index (χ0) is 13.1. The number of hydrogen-bond acceptors (Lipinski definition) is 1. The SMILES string of the molecule is CCC(Br)CCCCCCCCCP(=O)(O)O. The van der Waals surface area contributed by atoms with Gasteiger partial charge in [0, 0.05) is 11.0 Å². The van der Waals surface area contributed by atoms with Crippen molar-refractivity contribution in [3.8, 4) is 0 Å². The summed E-state index contributed by atoms with van der Waals surface area (Å²) >= 11 is 3.62. The summed E-state index contributed by atoms with van der Waals surface area (Å²) < 4.78 is 10.6. The first-order chi connectivity index (χ1) is 7.95. The van der Waals surface area contributed by atoms with Crippen LogP contribution in [-0.2, 0) is 4.57 Å². The van der Waals surface area contributed by atoms with Crippen LogP contribution >= 0.6 is 23.5 Å². The van der Waals surface area contributed by atoms with Crippen LogP contribution in [0.5, 0.6) is 0 Å². The summed E-state index contributed by atoms with van der Waals surface area (Å²) in [4.78, 5) is 18.0. The van der Waals surface area contributed by atoms with E-state index in [1.54, 1.807) is 0 Å². The molecule has 0 aliphatic rings. The minimum Gasteiger partial charge on any atom is -0.324 e. The van der Waals surface area contributed by atoms with Crippen LogP contribution in [0.4, 0.5) is 0 Å². The van der Waals surface area contributed by atoms with E-state index < -0.39 is 7.60 Å². The predicted molar refractivity (Wildman–Crippen MR) is 76.9 cm³/mol.